The first-order chi connectivity index (χ1) is 11.0. The Balaban J connectivity index is 1.86. The third-order valence-corrected chi connectivity index (χ3v) is 4.49. The highest BCUT2D eigenvalue weighted by Gasteiger charge is 2.43. The molecule has 2 atom stereocenters. The summed E-state index contributed by atoms with van der Waals surface area (Å²) in [5.41, 5.74) is -0.132. The highest BCUT2D eigenvalue weighted by molar-refractivity contribution is 5.92. The second kappa shape index (κ2) is 6.04. The molecule has 0 unspecified atom stereocenters. The summed E-state index contributed by atoms with van der Waals surface area (Å²) in [5, 5.41) is 14.8. The molecule has 3 rings (SSSR count). The van der Waals surface area contributed by atoms with Gasteiger partial charge >= 0.3 is 0 Å². The molecule has 0 spiro atoms. The molecule has 1 N–H and O–H groups in total. The number of benzene rings is 1. The highest BCUT2D eigenvalue weighted by Crippen LogP contribution is 2.35. The summed E-state index contributed by atoms with van der Waals surface area (Å²) in [6.45, 7) is 2.34. The predicted octanol–water partition coefficient (Wildman–Crippen LogP) is 2.20. The van der Waals surface area contributed by atoms with Gasteiger partial charge in [0.2, 0.25) is 0 Å². The van der Waals surface area contributed by atoms with Gasteiger partial charge in [-0.3, -0.25) is 4.79 Å². The van der Waals surface area contributed by atoms with Crippen LogP contribution in [0, 0.1) is 0 Å². The number of amides is 1. The molecule has 1 aromatic carbocycles. The summed E-state index contributed by atoms with van der Waals surface area (Å²) in [4.78, 5) is 14.3. The Hall–Kier alpha value is -2.34. The normalized spacial score (nSPS) is 20.3. The van der Waals surface area contributed by atoms with E-state index in [1.165, 1.54) is 6.26 Å². The van der Waals surface area contributed by atoms with Crippen LogP contribution >= 0.6 is 0 Å². The summed E-state index contributed by atoms with van der Waals surface area (Å²) in [6, 6.07) is 8.51. The van der Waals surface area contributed by atoms with Crippen molar-refractivity contribution in [2.75, 3.05) is 13.7 Å². The number of hydrogen-bond acceptors (Lipinski definition) is 5. The van der Waals surface area contributed by atoms with Crippen LogP contribution in [0.4, 0.5) is 0 Å². The van der Waals surface area contributed by atoms with Crippen LogP contribution in [-0.4, -0.2) is 40.8 Å². The fraction of sp³-hybridized carbons (Fsp3) is 0.412. The molecule has 1 aromatic heterocycles. The van der Waals surface area contributed by atoms with Crippen LogP contribution in [0.25, 0.3) is 0 Å². The molecule has 1 fully saturated rings. The maximum Gasteiger partial charge on any atom is 0.276 e. The van der Waals surface area contributed by atoms with Crippen molar-refractivity contribution in [1.29, 1.82) is 0 Å². The summed E-state index contributed by atoms with van der Waals surface area (Å²) in [5.74, 6) is 0.515. The number of methoxy groups -OCH3 is 1. The van der Waals surface area contributed by atoms with Crippen molar-refractivity contribution < 1.29 is 19.2 Å². The van der Waals surface area contributed by atoms with Gasteiger partial charge in [-0.2, -0.15) is 0 Å². The monoisotopic (exact) mass is 316 g/mol. The van der Waals surface area contributed by atoms with Crippen LogP contribution in [-0.2, 0) is 5.60 Å². The molecular weight excluding hydrogens is 296 g/mol. The van der Waals surface area contributed by atoms with E-state index in [1.54, 1.807) is 25.0 Å². The van der Waals surface area contributed by atoms with Crippen molar-refractivity contribution in [3.8, 4) is 5.75 Å². The fourth-order valence-corrected chi connectivity index (χ4v) is 3.19. The lowest BCUT2D eigenvalue weighted by Gasteiger charge is -2.36. The Morgan fingerprint density at radius 1 is 1.39 bits per heavy atom. The van der Waals surface area contributed by atoms with Gasteiger partial charge in [0.25, 0.3) is 5.91 Å². The number of aliphatic hydroxyl groups is 1. The molecule has 6 nitrogen and oxygen atoms in total. The number of rotatable bonds is 4. The van der Waals surface area contributed by atoms with Gasteiger partial charge in [-0.25, -0.2) is 0 Å². The standard InChI is InChI=1S/C17H20N2O4/c1-17(21,12-5-7-13(22-2)8-6-12)15-4-3-10-19(15)16(20)14-9-11-23-18-14/h5-9,11,15,21H,3-4,10H2,1-2H3/t15-,17-/m1/s1. The van der Waals surface area contributed by atoms with E-state index in [0.29, 0.717) is 6.54 Å². The van der Waals surface area contributed by atoms with Gasteiger partial charge in [-0.1, -0.05) is 17.3 Å². The third kappa shape index (κ3) is 2.82. The second-order valence-corrected chi connectivity index (χ2v) is 5.92. The number of ether oxygens (including phenoxy) is 1. The summed E-state index contributed by atoms with van der Waals surface area (Å²) in [6.07, 6.45) is 2.96. The molecule has 2 aromatic rings. The van der Waals surface area contributed by atoms with E-state index in [0.717, 1.165) is 24.2 Å². The predicted molar refractivity (Wildman–Crippen MR) is 83.1 cm³/mol. The Kier molecular flexibility index (Phi) is 4.09. The van der Waals surface area contributed by atoms with Crippen molar-refractivity contribution in [2.45, 2.75) is 31.4 Å². The Bertz CT molecular complexity index is 664. The van der Waals surface area contributed by atoms with Gasteiger partial charge in [0.05, 0.1) is 13.2 Å². The minimum Gasteiger partial charge on any atom is -0.497 e. The number of aromatic nitrogens is 1. The Morgan fingerprint density at radius 2 is 2.13 bits per heavy atom. The molecule has 0 radical (unpaired) electrons. The van der Waals surface area contributed by atoms with Crippen LogP contribution in [0.2, 0.25) is 0 Å². The van der Waals surface area contributed by atoms with E-state index in [1.807, 2.05) is 24.3 Å². The number of nitrogens with zero attached hydrogens (tertiary/aromatic N) is 2. The van der Waals surface area contributed by atoms with Crippen molar-refractivity contribution in [3.05, 3.63) is 47.9 Å². The Labute approximate surface area is 134 Å². The molecule has 0 saturated carbocycles. The van der Waals surface area contributed by atoms with Crippen LogP contribution in [0.15, 0.2) is 41.1 Å². The number of hydrogen-bond donors (Lipinski definition) is 1. The van der Waals surface area contributed by atoms with Gasteiger partial charge < -0.3 is 19.3 Å². The van der Waals surface area contributed by atoms with Crippen LogP contribution < -0.4 is 4.74 Å². The zero-order valence-electron chi connectivity index (χ0n) is 13.2. The van der Waals surface area contributed by atoms with Crippen molar-refractivity contribution in [2.24, 2.45) is 0 Å². The van der Waals surface area contributed by atoms with Crippen LogP contribution in [0.1, 0.15) is 35.8 Å². The summed E-state index contributed by atoms with van der Waals surface area (Å²) >= 11 is 0. The van der Waals surface area contributed by atoms with E-state index in [4.69, 9.17) is 9.26 Å². The van der Waals surface area contributed by atoms with Gasteiger partial charge in [0.15, 0.2) is 5.69 Å². The van der Waals surface area contributed by atoms with E-state index in [2.05, 4.69) is 5.16 Å². The molecule has 1 saturated heterocycles. The van der Waals surface area contributed by atoms with Crippen LogP contribution in [0.3, 0.4) is 0 Å². The SMILES string of the molecule is COc1ccc([C@@](C)(O)[C@H]2CCCN2C(=O)c2ccon2)cc1. The number of likely N-dealkylation sites (tertiary alicyclic amines) is 1. The number of carbonyl (C=O) groups excluding carboxylic acids is 1. The van der Waals surface area contributed by atoms with E-state index < -0.39 is 5.60 Å². The molecular formula is C17H20N2O4. The summed E-state index contributed by atoms with van der Waals surface area (Å²) < 4.78 is 9.90. The summed E-state index contributed by atoms with van der Waals surface area (Å²) in [7, 11) is 1.60. The molecule has 1 amide bonds. The molecule has 0 bridgehead atoms. The zero-order valence-corrected chi connectivity index (χ0v) is 13.2. The first kappa shape index (κ1) is 15.6. The maximum absolute atomic E-state index is 12.6. The lowest BCUT2D eigenvalue weighted by Crippen LogP contribution is -2.48. The molecule has 2 heterocycles. The molecule has 122 valence electrons. The minimum absolute atomic E-state index is 0.213. The van der Waals surface area contributed by atoms with Gasteiger partial charge in [-0.15, -0.1) is 0 Å². The Morgan fingerprint density at radius 3 is 2.74 bits per heavy atom. The topological polar surface area (TPSA) is 75.8 Å². The largest absolute Gasteiger partial charge is 0.497 e. The van der Waals surface area contributed by atoms with Gasteiger partial charge in [0.1, 0.15) is 17.6 Å². The van der Waals surface area contributed by atoms with Crippen molar-refractivity contribution in [1.82, 2.24) is 10.1 Å². The minimum atomic E-state index is -1.15. The van der Waals surface area contributed by atoms with Crippen molar-refractivity contribution >= 4 is 5.91 Å². The molecule has 23 heavy (non-hydrogen) atoms. The molecule has 6 heteroatoms. The fourth-order valence-electron chi connectivity index (χ4n) is 3.19. The first-order valence-electron chi connectivity index (χ1n) is 7.62. The lowest BCUT2D eigenvalue weighted by molar-refractivity contribution is -0.0180. The molecule has 0 aliphatic carbocycles. The zero-order chi connectivity index (χ0) is 16.4. The highest BCUT2D eigenvalue weighted by atomic mass is 16.5. The quantitative estimate of drug-likeness (QED) is 0.936. The first-order valence-corrected chi connectivity index (χ1v) is 7.62. The molecule has 1 aliphatic heterocycles. The average molecular weight is 316 g/mol. The second-order valence-electron chi connectivity index (χ2n) is 5.92. The average Bonchev–Trinajstić information content (AvgIpc) is 3.25. The van der Waals surface area contributed by atoms with Gasteiger partial charge in [-0.05, 0) is 37.5 Å². The lowest BCUT2D eigenvalue weighted by atomic mass is 9.86. The smallest absolute Gasteiger partial charge is 0.276 e. The maximum atomic E-state index is 12.6. The van der Waals surface area contributed by atoms with E-state index >= 15 is 0 Å². The van der Waals surface area contributed by atoms with Crippen molar-refractivity contribution in [3.63, 3.8) is 0 Å². The van der Waals surface area contributed by atoms with E-state index in [-0.39, 0.29) is 17.6 Å². The van der Waals surface area contributed by atoms with Crippen LogP contribution in [0.5, 0.6) is 5.75 Å². The van der Waals surface area contributed by atoms with E-state index in [9.17, 15) is 9.90 Å². The third-order valence-electron chi connectivity index (χ3n) is 4.49. The molecule has 1 aliphatic rings. The van der Waals surface area contributed by atoms with Gasteiger partial charge in [0, 0.05) is 12.6 Å². The number of carbonyl (C=O) groups is 1.